The van der Waals surface area contributed by atoms with E-state index in [1.807, 2.05) is 13.0 Å². The summed E-state index contributed by atoms with van der Waals surface area (Å²) in [4.78, 5) is 9.79. The van der Waals surface area contributed by atoms with Gasteiger partial charge in [0.1, 0.15) is 0 Å². The minimum atomic E-state index is 0.722. The molecule has 0 aliphatic rings. The van der Waals surface area contributed by atoms with E-state index in [1.54, 1.807) is 25.1 Å². The lowest BCUT2D eigenvalue weighted by Gasteiger charge is -2.08. The van der Waals surface area contributed by atoms with Crippen LogP contribution in [0.15, 0.2) is 45.0 Å². The minimum Gasteiger partial charge on any atom is -0.383 e. The van der Waals surface area contributed by atoms with Gasteiger partial charge >= 0.3 is 0 Å². The molecule has 1 aromatic heterocycles. The van der Waals surface area contributed by atoms with Crippen LogP contribution in [0.4, 0.5) is 0 Å². The summed E-state index contributed by atoms with van der Waals surface area (Å²) in [6.45, 7) is 4.37. The topological polar surface area (TPSA) is 47.0 Å². The van der Waals surface area contributed by atoms with E-state index in [4.69, 9.17) is 4.74 Å². The molecule has 2 rings (SSSR count). The highest BCUT2D eigenvalue weighted by Gasteiger charge is 2.06. The van der Waals surface area contributed by atoms with Crippen molar-refractivity contribution in [1.29, 1.82) is 0 Å². The van der Waals surface area contributed by atoms with Crippen LogP contribution in [-0.2, 0) is 11.3 Å². The van der Waals surface area contributed by atoms with E-state index >= 15 is 0 Å². The van der Waals surface area contributed by atoms with Gasteiger partial charge in [0.05, 0.1) is 6.61 Å². The molecule has 1 aromatic carbocycles. The molecule has 6 heteroatoms. The van der Waals surface area contributed by atoms with Crippen LogP contribution >= 0.6 is 27.7 Å². The number of methoxy groups -OCH3 is 1. The number of hydrogen-bond acceptors (Lipinski definition) is 5. The maximum atomic E-state index is 5.01. The Morgan fingerprint density at radius 1 is 1.33 bits per heavy atom. The second-order valence-electron chi connectivity index (χ2n) is 4.52. The van der Waals surface area contributed by atoms with Gasteiger partial charge < -0.3 is 10.1 Å². The summed E-state index contributed by atoms with van der Waals surface area (Å²) in [5.41, 5.74) is 2.20. The third-order valence-corrected chi connectivity index (χ3v) is 4.66. The van der Waals surface area contributed by atoms with Gasteiger partial charge in [-0.25, -0.2) is 9.97 Å². The van der Waals surface area contributed by atoms with E-state index in [9.17, 15) is 0 Å². The van der Waals surface area contributed by atoms with E-state index < -0.39 is 0 Å². The third kappa shape index (κ3) is 5.39. The van der Waals surface area contributed by atoms with Crippen LogP contribution in [0.25, 0.3) is 0 Å². The van der Waals surface area contributed by atoms with Crippen molar-refractivity contribution in [3.8, 4) is 0 Å². The van der Waals surface area contributed by atoms with Gasteiger partial charge in [-0.1, -0.05) is 6.07 Å². The summed E-state index contributed by atoms with van der Waals surface area (Å²) in [5.74, 6) is 0. The molecule has 112 valence electrons. The lowest BCUT2D eigenvalue weighted by Crippen LogP contribution is -2.18. The number of nitrogens with zero attached hydrogens (tertiary/aromatic N) is 2. The van der Waals surface area contributed by atoms with Gasteiger partial charge in [0, 0.05) is 41.5 Å². The first-order valence-corrected chi connectivity index (χ1v) is 8.25. The van der Waals surface area contributed by atoms with Gasteiger partial charge in [0.2, 0.25) is 0 Å². The Bertz CT molecular complexity index is 595. The average molecular weight is 368 g/mol. The van der Waals surface area contributed by atoms with E-state index in [-0.39, 0.29) is 0 Å². The molecule has 0 saturated carbocycles. The van der Waals surface area contributed by atoms with E-state index in [0.717, 1.165) is 39.9 Å². The number of rotatable bonds is 7. The standard InChI is InChI=1S/C15H18BrN3OS/c1-11-5-6-18-15(19-11)21-14-4-3-12(9-13(14)16)10-17-7-8-20-2/h3-6,9,17H,7-8,10H2,1-2H3. The van der Waals surface area contributed by atoms with Crippen LogP contribution in [0.1, 0.15) is 11.3 Å². The molecule has 2 aromatic rings. The molecule has 1 N–H and O–H groups in total. The molecule has 0 radical (unpaired) electrons. The lowest BCUT2D eigenvalue weighted by atomic mass is 10.2. The number of hydrogen-bond donors (Lipinski definition) is 1. The maximum absolute atomic E-state index is 5.01. The zero-order valence-corrected chi connectivity index (χ0v) is 14.5. The SMILES string of the molecule is COCCNCc1ccc(Sc2nccc(C)n2)c(Br)c1. The lowest BCUT2D eigenvalue weighted by molar-refractivity contribution is 0.199. The second kappa shape index (κ2) is 8.48. The first-order chi connectivity index (χ1) is 10.2. The number of halogens is 1. The van der Waals surface area contributed by atoms with Crippen molar-refractivity contribution in [3.63, 3.8) is 0 Å². The monoisotopic (exact) mass is 367 g/mol. The smallest absolute Gasteiger partial charge is 0.192 e. The molecule has 0 aliphatic carbocycles. The number of aryl methyl sites for hydroxylation is 1. The van der Waals surface area contributed by atoms with Crippen LogP contribution in [-0.4, -0.2) is 30.2 Å². The molecule has 0 bridgehead atoms. The fourth-order valence-corrected chi connectivity index (χ4v) is 3.18. The van der Waals surface area contributed by atoms with Crippen LogP contribution in [0, 0.1) is 6.92 Å². The zero-order valence-electron chi connectivity index (χ0n) is 12.1. The summed E-state index contributed by atoms with van der Waals surface area (Å²) in [6, 6.07) is 8.22. The Labute approximate surface area is 137 Å². The van der Waals surface area contributed by atoms with E-state index in [2.05, 4.69) is 49.4 Å². The summed E-state index contributed by atoms with van der Waals surface area (Å²) >= 11 is 5.18. The van der Waals surface area contributed by atoms with Crippen LogP contribution < -0.4 is 5.32 Å². The van der Waals surface area contributed by atoms with Crippen molar-refractivity contribution in [2.75, 3.05) is 20.3 Å². The predicted molar refractivity (Wildman–Crippen MR) is 88.6 cm³/mol. The molecule has 0 aliphatic heterocycles. The summed E-state index contributed by atoms with van der Waals surface area (Å²) in [6.07, 6.45) is 1.78. The number of ether oxygens (including phenoxy) is 1. The highest BCUT2D eigenvalue weighted by molar-refractivity contribution is 9.10. The molecule has 0 amide bonds. The van der Waals surface area contributed by atoms with Gasteiger partial charge in [-0.3, -0.25) is 0 Å². The molecular weight excluding hydrogens is 350 g/mol. The summed E-state index contributed by atoms with van der Waals surface area (Å²) < 4.78 is 6.07. The van der Waals surface area contributed by atoms with Crippen molar-refractivity contribution in [2.24, 2.45) is 0 Å². The fraction of sp³-hybridized carbons (Fsp3) is 0.333. The van der Waals surface area contributed by atoms with Gasteiger partial charge in [0.15, 0.2) is 5.16 Å². The van der Waals surface area contributed by atoms with Crippen molar-refractivity contribution < 1.29 is 4.74 Å². The molecule has 0 unspecified atom stereocenters. The van der Waals surface area contributed by atoms with Crippen molar-refractivity contribution in [2.45, 2.75) is 23.5 Å². The molecule has 1 heterocycles. The maximum Gasteiger partial charge on any atom is 0.192 e. The van der Waals surface area contributed by atoms with Gasteiger partial charge in [-0.2, -0.15) is 0 Å². The molecule has 21 heavy (non-hydrogen) atoms. The summed E-state index contributed by atoms with van der Waals surface area (Å²) in [7, 11) is 1.71. The van der Waals surface area contributed by atoms with Crippen LogP contribution in [0.3, 0.4) is 0 Å². The Balaban J connectivity index is 1.98. The van der Waals surface area contributed by atoms with Crippen molar-refractivity contribution >= 4 is 27.7 Å². The van der Waals surface area contributed by atoms with E-state index in [0.29, 0.717) is 0 Å². The Morgan fingerprint density at radius 2 is 2.19 bits per heavy atom. The summed E-state index contributed by atoms with van der Waals surface area (Å²) in [5, 5.41) is 4.09. The van der Waals surface area contributed by atoms with Gasteiger partial charge in [0.25, 0.3) is 0 Å². The highest BCUT2D eigenvalue weighted by Crippen LogP contribution is 2.32. The Morgan fingerprint density at radius 3 is 2.90 bits per heavy atom. The molecule has 4 nitrogen and oxygen atoms in total. The first-order valence-electron chi connectivity index (χ1n) is 6.64. The molecule has 0 saturated heterocycles. The van der Waals surface area contributed by atoms with Crippen LogP contribution in [0.5, 0.6) is 0 Å². The third-order valence-electron chi connectivity index (χ3n) is 2.78. The Hall–Kier alpha value is -0.950. The predicted octanol–water partition coefficient (Wildman–Crippen LogP) is 3.43. The van der Waals surface area contributed by atoms with E-state index in [1.165, 1.54) is 5.56 Å². The van der Waals surface area contributed by atoms with Crippen molar-refractivity contribution in [1.82, 2.24) is 15.3 Å². The molecule has 0 fully saturated rings. The number of aromatic nitrogens is 2. The van der Waals surface area contributed by atoms with Crippen molar-refractivity contribution in [3.05, 3.63) is 46.2 Å². The minimum absolute atomic E-state index is 0.722. The molecular formula is C15H18BrN3OS. The molecule has 0 spiro atoms. The number of benzene rings is 1. The normalized spacial score (nSPS) is 10.8. The van der Waals surface area contributed by atoms with Crippen LogP contribution in [0.2, 0.25) is 0 Å². The quantitative estimate of drug-likeness (QED) is 0.599. The first kappa shape index (κ1) is 16.4. The second-order valence-corrected chi connectivity index (χ2v) is 6.38. The van der Waals surface area contributed by atoms with Gasteiger partial charge in [-0.05, 0) is 58.4 Å². The Kier molecular flexibility index (Phi) is 6.63. The largest absolute Gasteiger partial charge is 0.383 e. The zero-order chi connectivity index (χ0) is 15.1. The molecule has 0 atom stereocenters. The fourth-order valence-electron chi connectivity index (χ4n) is 1.72. The number of nitrogens with one attached hydrogen (secondary N) is 1. The highest BCUT2D eigenvalue weighted by atomic mass is 79.9. The van der Waals surface area contributed by atoms with Gasteiger partial charge in [-0.15, -0.1) is 0 Å². The average Bonchev–Trinajstić information content (AvgIpc) is 2.46.